The quantitative estimate of drug-likeness (QED) is 0.903. The van der Waals surface area contributed by atoms with Crippen molar-refractivity contribution in [3.05, 3.63) is 46.7 Å². The molecule has 1 aromatic carbocycles. The SMILES string of the molecule is COc1c(C2=CN(C)C(=O)C3=NC=CC23)ccc2c1[nH]c(=O)n2C. The van der Waals surface area contributed by atoms with Crippen LogP contribution in [0.2, 0.25) is 0 Å². The smallest absolute Gasteiger partial charge is 0.326 e. The summed E-state index contributed by atoms with van der Waals surface area (Å²) in [5, 5.41) is 0. The van der Waals surface area contributed by atoms with E-state index < -0.39 is 0 Å². The molecule has 0 bridgehead atoms. The normalized spacial score (nSPS) is 19.5. The summed E-state index contributed by atoms with van der Waals surface area (Å²) >= 11 is 0. The lowest BCUT2D eigenvalue weighted by atomic mass is 9.86. The zero-order valence-electron chi connectivity index (χ0n) is 13.5. The van der Waals surface area contributed by atoms with Gasteiger partial charge in [-0.05, 0) is 17.7 Å². The van der Waals surface area contributed by atoms with Crippen molar-refractivity contribution in [3.63, 3.8) is 0 Å². The summed E-state index contributed by atoms with van der Waals surface area (Å²) in [6.45, 7) is 0. The van der Waals surface area contributed by atoms with Gasteiger partial charge in [-0.25, -0.2) is 4.79 Å². The molecule has 2 aliphatic heterocycles. The lowest BCUT2D eigenvalue weighted by Gasteiger charge is -2.27. The number of carbonyl (C=O) groups is 1. The zero-order valence-corrected chi connectivity index (χ0v) is 13.5. The molecule has 3 heterocycles. The molecule has 0 spiro atoms. The number of H-pyrrole nitrogens is 1. The summed E-state index contributed by atoms with van der Waals surface area (Å²) in [5.74, 6) is 0.274. The van der Waals surface area contributed by atoms with Crippen molar-refractivity contribution in [2.75, 3.05) is 14.2 Å². The standard InChI is InChI=1S/C17H16N4O3/c1-20-8-11(9-6-7-18-13(9)16(20)22)10-4-5-12-14(15(10)24-3)19-17(23)21(12)2/h4-9H,1-3H3,(H,19,23). The van der Waals surface area contributed by atoms with Gasteiger partial charge in [-0.15, -0.1) is 0 Å². The molecular weight excluding hydrogens is 308 g/mol. The number of carbonyl (C=O) groups excluding carboxylic acids is 1. The number of amides is 1. The number of aliphatic imine (C=N–C) groups is 1. The molecule has 0 aliphatic carbocycles. The van der Waals surface area contributed by atoms with E-state index in [0.29, 0.717) is 17.0 Å². The number of benzene rings is 1. The molecule has 7 nitrogen and oxygen atoms in total. The summed E-state index contributed by atoms with van der Waals surface area (Å²) in [4.78, 5) is 32.7. The van der Waals surface area contributed by atoms with E-state index in [2.05, 4.69) is 9.98 Å². The molecule has 1 N–H and O–H groups in total. The minimum atomic E-state index is -0.201. The molecule has 1 unspecified atom stereocenters. The molecule has 0 saturated carbocycles. The maximum absolute atomic E-state index is 12.2. The van der Waals surface area contributed by atoms with E-state index in [4.69, 9.17) is 4.74 Å². The molecule has 1 aromatic heterocycles. The first-order valence-corrected chi connectivity index (χ1v) is 7.52. The van der Waals surface area contributed by atoms with E-state index in [-0.39, 0.29) is 17.5 Å². The number of aromatic amines is 1. The molecule has 0 saturated heterocycles. The molecular formula is C17H16N4O3. The van der Waals surface area contributed by atoms with E-state index in [1.165, 1.54) is 9.47 Å². The van der Waals surface area contributed by atoms with Crippen LogP contribution >= 0.6 is 0 Å². The van der Waals surface area contributed by atoms with Crippen molar-refractivity contribution in [2.45, 2.75) is 0 Å². The molecule has 0 fully saturated rings. The Kier molecular flexibility index (Phi) is 2.99. The second-order valence-corrected chi connectivity index (χ2v) is 5.86. The van der Waals surface area contributed by atoms with E-state index >= 15 is 0 Å². The second-order valence-electron chi connectivity index (χ2n) is 5.86. The number of ether oxygens (including phenoxy) is 1. The van der Waals surface area contributed by atoms with Gasteiger partial charge in [-0.2, -0.15) is 0 Å². The number of rotatable bonds is 2. The van der Waals surface area contributed by atoms with Crippen LogP contribution in [0, 0.1) is 5.92 Å². The number of nitrogens with one attached hydrogen (secondary N) is 1. The molecule has 2 aromatic rings. The van der Waals surface area contributed by atoms with Crippen molar-refractivity contribution >= 4 is 28.2 Å². The highest BCUT2D eigenvalue weighted by Crippen LogP contribution is 2.39. The van der Waals surface area contributed by atoms with Crippen molar-refractivity contribution in [1.29, 1.82) is 0 Å². The van der Waals surface area contributed by atoms with Crippen LogP contribution in [0.25, 0.3) is 16.6 Å². The summed E-state index contributed by atoms with van der Waals surface area (Å²) in [6.07, 6.45) is 5.34. The van der Waals surface area contributed by atoms with Crippen LogP contribution in [0.15, 0.2) is 40.4 Å². The fourth-order valence-corrected chi connectivity index (χ4v) is 3.30. The van der Waals surface area contributed by atoms with E-state index in [1.807, 2.05) is 18.2 Å². The Morgan fingerprint density at radius 2 is 2.04 bits per heavy atom. The number of aromatic nitrogens is 2. The van der Waals surface area contributed by atoms with Gasteiger partial charge >= 0.3 is 5.69 Å². The van der Waals surface area contributed by atoms with Gasteiger partial charge in [0.15, 0.2) is 5.75 Å². The van der Waals surface area contributed by atoms with Crippen molar-refractivity contribution in [2.24, 2.45) is 18.0 Å². The first-order chi connectivity index (χ1) is 11.5. The number of imidazole rings is 1. The first-order valence-electron chi connectivity index (χ1n) is 7.52. The van der Waals surface area contributed by atoms with Crippen LogP contribution in [-0.2, 0) is 11.8 Å². The number of aryl methyl sites for hydroxylation is 1. The molecule has 2 aliphatic rings. The minimum Gasteiger partial charge on any atom is -0.494 e. The molecule has 24 heavy (non-hydrogen) atoms. The lowest BCUT2D eigenvalue weighted by molar-refractivity contribution is -0.121. The number of methoxy groups -OCH3 is 1. The molecule has 0 radical (unpaired) electrons. The number of fused-ring (bicyclic) bond motifs is 2. The Bertz CT molecular complexity index is 1020. The molecule has 4 rings (SSSR count). The fraction of sp³-hybridized carbons (Fsp3) is 0.235. The van der Waals surface area contributed by atoms with Crippen LogP contribution in [0.5, 0.6) is 5.75 Å². The highest BCUT2D eigenvalue weighted by atomic mass is 16.5. The van der Waals surface area contributed by atoms with E-state index in [9.17, 15) is 9.59 Å². The molecule has 7 heteroatoms. The maximum Gasteiger partial charge on any atom is 0.326 e. The highest BCUT2D eigenvalue weighted by molar-refractivity contribution is 6.44. The third-order valence-corrected chi connectivity index (χ3v) is 4.54. The van der Waals surface area contributed by atoms with E-state index in [0.717, 1.165) is 16.7 Å². The van der Waals surface area contributed by atoms with Gasteiger partial charge in [0, 0.05) is 32.1 Å². The maximum atomic E-state index is 12.2. The summed E-state index contributed by atoms with van der Waals surface area (Å²) < 4.78 is 7.14. The molecule has 122 valence electrons. The number of hydrogen-bond acceptors (Lipinski definition) is 4. The third-order valence-electron chi connectivity index (χ3n) is 4.54. The van der Waals surface area contributed by atoms with Gasteiger partial charge < -0.3 is 14.6 Å². The number of allylic oxidation sites excluding steroid dienone is 2. The van der Waals surface area contributed by atoms with Gasteiger partial charge in [-0.1, -0.05) is 6.08 Å². The van der Waals surface area contributed by atoms with Gasteiger partial charge in [0.1, 0.15) is 11.2 Å². The van der Waals surface area contributed by atoms with Gasteiger partial charge in [-0.3, -0.25) is 14.4 Å². The fourth-order valence-electron chi connectivity index (χ4n) is 3.30. The van der Waals surface area contributed by atoms with Crippen molar-refractivity contribution in [3.8, 4) is 5.75 Å². The predicted molar refractivity (Wildman–Crippen MR) is 90.9 cm³/mol. The van der Waals surface area contributed by atoms with Crippen LogP contribution in [0.3, 0.4) is 0 Å². The van der Waals surface area contributed by atoms with Crippen LogP contribution in [0.1, 0.15) is 5.56 Å². The Labute approximate surface area is 137 Å². The highest BCUT2D eigenvalue weighted by Gasteiger charge is 2.35. The summed E-state index contributed by atoms with van der Waals surface area (Å²) in [5.41, 5.74) is 3.44. The van der Waals surface area contributed by atoms with E-state index in [1.54, 1.807) is 33.6 Å². The first kappa shape index (κ1) is 14.5. The van der Waals surface area contributed by atoms with Gasteiger partial charge in [0.25, 0.3) is 5.91 Å². The Hall–Kier alpha value is -3.09. The molecule has 1 atom stereocenters. The predicted octanol–water partition coefficient (Wildman–Crippen LogP) is 1.27. The average Bonchev–Trinajstić information content (AvgIpc) is 3.16. The summed E-state index contributed by atoms with van der Waals surface area (Å²) in [6, 6.07) is 3.78. The second kappa shape index (κ2) is 4.95. The van der Waals surface area contributed by atoms with Crippen LogP contribution < -0.4 is 10.4 Å². The van der Waals surface area contributed by atoms with Gasteiger partial charge in [0.05, 0.1) is 18.5 Å². The lowest BCUT2D eigenvalue weighted by Crippen LogP contribution is -2.37. The number of nitrogens with zero attached hydrogens (tertiary/aromatic N) is 3. The van der Waals surface area contributed by atoms with Crippen molar-refractivity contribution < 1.29 is 9.53 Å². The number of hydrogen-bond donors (Lipinski definition) is 1. The molecule has 1 amide bonds. The van der Waals surface area contributed by atoms with Crippen molar-refractivity contribution in [1.82, 2.24) is 14.5 Å². The van der Waals surface area contributed by atoms with Crippen LogP contribution in [-0.4, -0.2) is 40.2 Å². The Morgan fingerprint density at radius 1 is 1.25 bits per heavy atom. The average molecular weight is 324 g/mol. The zero-order chi connectivity index (χ0) is 17.0. The Morgan fingerprint density at radius 3 is 2.79 bits per heavy atom. The minimum absolute atomic E-state index is 0.109. The monoisotopic (exact) mass is 324 g/mol. The topological polar surface area (TPSA) is 79.7 Å². The van der Waals surface area contributed by atoms with Gasteiger partial charge in [0.2, 0.25) is 0 Å². The summed E-state index contributed by atoms with van der Waals surface area (Å²) in [7, 11) is 4.98. The van der Waals surface area contributed by atoms with Crippen LogP contribution in [0.4, 0.5) is 0 Å². The third kappa shape index (κ3) is 1.81. The largest absolute Gasteiger partial charge is 0.494 e. The Balaban J connectivity index is 1.98.